The number of benzene rings is 2. The van der Waals surface area contributed by atoms with Crippen LogP contribution in [0.4, 0.5) is 5.69 Å². The third-order valence-corrected chi connectivity index (χ3v) is 6.42. The second-order valence-corrected chi connectivity index (χ2v) is 9.45. The summed E-state index contributed by atoms with van der Waals surface area (Å²) >= 11 is 1.40. The summed E-state index contributed by atoms with van der Waals surface area (Å²) in [7, 11) is 0. The summed E-state index contributed by atoms with van der Waals surface area (Å²) in [5.74, 6) is 1.13. The molecule has 1 N–H and O–H groups in total. The predicted octanol–water partition coefficient (Wildman–Crippen LogP) is 5.63. The van der Waals surface area contributed by atoms with Crippen LogP contribution in [-0.2, 0) is 11.3 Å². The summed E-state index contributed by atoms with van der Waals surface area (Å²) in [5.41, 5.74) is 4.10. The molecule has 0 bridgehead atoms. The summed E-state index contributed by atoms with van der Waals surface area (Å²) < 4.78 is 2.05. The minimum atomic E-state index is -0.348. The molecule has 0 saturated heterocycles. The quantitative estimate of drug-likeness (QED) is 0.347. The van der Waals surface area contributed by atoms with Crippen LogP contribution in [0, 0.1) is 0 Å². The van der Waals surface area contributed by atoms with Gasteiger partial charge in [0.2, 0.25) is 5.91 Å². The molecule has 0 fully saturated rings. The molecule has 0 aliphatic rings. The normalized spacial score (nSPS) is 12.0. The zero-order valence-corrected chi connectivity index (χ0v) is 19.8. The highest BCUT2D eigenvalue weighted by Crippen LogP contribution is 2.28. The maximum absolute atomic E-state index is 12.9. The van der Waals surface area contributed by atoms with Crippen LogP contribution in [0.3, 0.4) is 0 Å². The molecule has 0 saturated carbocycles. The number of pyridine rings is 1. The van der Waals surface area contributed by atoms with E-state index in [1.165, 1.54) is 17.3 Å². The lowest BCUT2D eigenvalue weighted by molar-refractivity contribution is -0.115. The van der Waals surface area contributed by atoms with Crippen LogP contribution in [-0.4, -0.2) is 30.9 Å². The number of nitrogens with one attached hydrogen (secondary N) is 1. The average Bonchev–Trinajstić information content (AvgIpc) is 3.22. The molecule has 168 valence electrons. The van der Waals surface area contributed by atoms with Crippen LogP contribution < -0.4 is 5.32 Å². The zero-order chi connectivity index (χ0) is 23.2. The number of amides is 1. The molecule has 4 aromatic rings. The molecule has 0 aliphatic heterocycles. The molecule has 0 unspecified atom stereocenters. The lowest BCUT2D eigenvalue weighted by Crippen LogP contribution is -2.23. The predicted molar refractivity (Wildman–Crippen MR) is 133 cm³/mol. The van der Waals surface area contributed by atoms with Crippen molar-refractivity contribution in [1.29, 1.82) is 0 Å². The molecule has 2 aromatic carbocycles. The molecule has 1 atom stereocenters. The maximum Gasteiger partial charge on any atom is 0.237 e. The van der Waals surface area contributed by atoms with Gasteiger partial charge in [0.15, 0.2) is 11.0 Å². The second-order valence-electron chi connectivity index (χ2n) is 8.14. The Morgan fingerprint density at radius 2 is 1.64 bits per heavy atom. The maximum atomic E-state index is 12.9. The number of rotatable bonds is 8. The van der Waals surface area contributed by atoms with Crippen LogP contribution in [0.25, 0.3) is 11.4 Å². The van der Waals surface area contributed by atoms with Gasteiger partial charge in [0.25, 0.3) is 0 Å². The smallest absolute Gasteiger partial charge is 0.237 e. The highest BCUT2D eigenvalue weighted by Gasteiger charge is 2.21. The van der Waals surface area contributed by atoms with Crippen LogP contribution in [0.2, 0.25) is 0 Å². The summed E-state index contributed by atoms with van der Waals surface area (Å²) in [6.45, 7) is 6.80. The highest BCUT2D eigenvalue weighted by atomic mass is 32.2. The van der Waals surface area contributed by atoms with Crippen molar-refractivity contribution in [3.05, 3.63) is 90.3 Å². The molecular formula is C26H27N5OS. The molecule has 2 aromatic heterocycles. The number of nitrogens with zero attached hydrogens (tertiary/aromatic N) is 4. The average molecular weight is 458 g/mol. The number of anilines is 1. The first-order valence-electron chi connectivity index (χ1n) is 11.0. The number of carbonyl (C=O) groups excluding carboxylic acids is 1. The van der Waals surface area contributed by atoms with E-state index in [4.69, 9.17) is 0 Å². The van der Waals surface area contributed by atoms with Crippen molar-refractivity contribution in [3.63, 3.8) is 0 Å². The van der Waals surface area contributed by atoms with Crippen molar-refractivity contribution in [3.8, 4) is 11.4 Å². The lowest BCUT2D eigenvalue weighted by atomic mass is 10.0. The van der Waals surface area contributed by atoms with E-state index in [9.17, 15) is 4.79 Å². The van der Waals surface area contributed by atoms with Gasteiger partial charge >= 0.3 is 0 Å². The Balaban J connectivity index is 1.54. The van der Waals surface area contributed by atoms with Crippen LogP contribution in [0.15, 0.2) is 84.3 Å². The Kier molecular flexibility index (Phi) is 7.19. The SMILES string of the molecule is CC(C)c1ccc(NC(=O)[C@H](C)Sc2nnc(-c3ccncc3)n2Cc2ccccc2)cc1. The van der Waals surface area contributed by atoms with Crippen molar-refractivity contribution in [2.45, 2.75) is 43.6 Å². The third kappa shape index (κ3) is 5.68. The van der Waals surface area contributed by atoms with Gasteiger partial charge in [0, 0.05) is 23.6 Å². The second kappa shape index (κ2) is 10.4. The molecule has 1 amide bonds. The summed E-state index contributed by atoms with van der Waals surface area (Å²) in [6.07, 6.45) is 3.48. The van der Waals surface area contributed by atoms with Crippen LogP contribution in [0.1, 0.15) is 37.8 Å². The summed E-state index contributed by atoms with van der Waals surface area (Å²) in [4.78, 5) is 17.0. The van der Waals surface area contributed by atoms with Gasteiger partial charge in [-0.25, -0.2) is 0 Å². The van der Waals surface area contributed by atoms with E-state index in [-0.39, 0.29) is 11.2 Å². The number of carbonyl (C=O) groups is 1. The fourth-order valence-corrected chi connectivity index (χ4v) is 4.25. The number of hydrogen-bond acceptors (Lipinski definition) is 5. The van der Waals surface area contributed by atoms with Gasteiger partial charge in [-0.2, -0.15) is 0 Å². The van der Waals surface area contributed by atoms with Crippen molar-refractivity contribution in [2.24, 2.45) is 0 Å². The van der Waals surface area contributed by atoms with Crippen LogP contribution in [0.5, 0.6) is 0 Å². The fourth-order valence-electron chi connectivity index (χ4n) is 3.41. The highest BCUT2D eigenvalue weighted by molar-refractivity contribution is 8.00. The molecule has 2 heterocycles. The Labute approximate surface area is 198 Å². The van der Waals surface area contributed by atoms with E-state index < -0.39 is 0 Å². The standard InChI is InChI=1S/C26H27N5OS/c1-18(2)21-9-11-23(12-10-21)28-25(32)19(3)33-26-30-29-24(22-13-15-27-16-14-22)31(26)17-20-7-5-4-6-8-20/h4-16,18-19H,17H2,1-3H3,(H,28,32)/t19-/m0/s1. The van der Waals surface area contributed by atoms with Gasteiger partial charge in [-0.1, -0.05) is 68.1 Å². The molecule has 0 spiro atoms. The van der Waals surface area contributed by atoms with E-state index in [0.717, 1.165) is 22.6 Å². The Morgan fingerprint density at radius 3 is 2.30 bits per heavy atom. The fraction of sp³-hybridized carbons (Fsp3) is 0.231. The van der Waals surface area contributed by atoms with Gasteiger partial charge in [0.05, 0.1) is 11.8 Å². The first-order chi connectivity index (χ1) is 16.0. The molecule has 6 nitrogen and oxygen atoms in total. The van der Waals surface area contributed by atoms with Gasteiger partial charge in [-0.15, -0.1) is 10.2 Å². The minimum absolute atomic E-state index is 0.0722. The van der Waals surface area contributed by atoms with E-state index in [1.54, 1.807) is 12.4 Å². The summed E-state index contributed by atoms with van der Waals surface area (Å²) in [5, 5.41) is 12.2. The number of thioether (sulfide) groups is 1. The van der Waals surface area contributed by atoms with E-state index in [2.05, 4.69) is 63.2 Å². The minimum Gasteiger partial charge on any atom is -0.325 e. The first kappa shape index (κ1) is 22.7. The molecule has 33 heavy (non-hydrogen) atoms. The third-order valence-electron chi connectivity index (χ3n) is 5.34. The monoisotopic (exact) mass is 457 g/mol. The van der Waals surface area contributed by atoms with Crippen molar-refractivity contribution < 1.29 is 4.79 Å². The topological polar surface area (TPSA) is 72.7 Å². The first-order valence-corrected chi connectivity index (χ1v) is 11.8. The zero-order valence-electron chi connectivity index (χ0n) is 19.0. The molecule has 7 heteroatoms. The van der Waals surface area contributed by atoms with E-state index >= 15 is 0 Å². The molecule has 0 radical (unpaired) electrons. The van der Waals surface area contributed by atoms with Gasteiger partial charge in [0.1, 0.15) is 0 Å². The van der Waals surface area contributed by atoms with Crippen LogP contribution >= 0.6 is 11.8 Å². The molecule has 0 aliphatic carbocycles. The summed E-state index contributed by atoms with van der Waals surface area (Å²) in [6, 6.07) is 22.0. The van der Waals surface area contributed by atoms with Crippen molar-refractivity contribution >= 4 is 23.4 Å². The van der Waals surface area contributed by atoms with Gasteiger partial charge < -0.3 is 5.32 Å². The number of aromatic nitrogens is 4. The Morgan fingerprint density at radius 1 is 0.939 bits per heavy atom. The van der Waals surface area contributed by atoms with E-state index in [0.29, 0.717) is 17.6 Å². The molecular weight excluding hydrogens is 430 g/mol. The number of hydrogen-bond donors (Lipinski definition) is 1. The van der Waals surface area contributed by atoms with Gasteiger partial charge in [-0.05, 0) is 48.2 Å². The van der Waals surface area contributed by atoms with E-state index in [1.807, 2.05) is 49.4 Å². The molecule has 4 rings (SSSR count). The largest absolute Gasteiger partial charge is 0.325 e. The lowest BCUT2D eigenvalue weighted by Gasteiger charge is -2.14. The van der Waals surface area contributed by atoms with Crippen molar-refractivity contribution in [2.75, 3.05) is 5.32 Å². The van der Waals surface area contributed by atoms with Gasteiger partial charge in [-0.3, -0.25) is 14.3 Å². The Bertz CT molecular complexity index is 1190. The van der Waals surface area contributed by atoms with Crippen molar-refractivity contribution in [1.82, 2.24) is 19.7 Å². The Hall–Kier alpha value is -3.45.